The number of rotatable bonds is 9. The van der Waals surface area contributed by atoms with Gasteiger partial charge in [-0.15, -0.1) is 0 Å². The lowest BCUT2D eigenvalue weighted by Crippen LogP contribution is -2.40. The van der Waals surface area contributed by atoms with Crippen LogP contribution in [-0.2, 0) is 9.53 Å². The number of hydrogen-bond donors (Lipinski definition) is 0. The molecule has 0 aromatic carbocycles. The van der Waals surface area contributed by atoms with Gasteiger partial charge in [-0.1, -0.05) is 39.0 Å². The first-order valence-electron chi connectivity index (χ1n) is 7.90. The van der Waals surface area contributed by atoms with Gasteiger partial charge in [-0.2, -0.15) is 0 Å². The van der Waals surface area contributed by atoms with Gasteiger partial charge in [-0.3, -0.25) is 4.79 Å². The van der Waals surface area contributed by atoms with E-state index in [-0.39, 0.29) is 12.3 Å². The topological polar surface area (TPSA) is 41.9 Å². The molecule has 1 fully saturated rings. The molecule has 0 radical (unpaired) electrons. The molecule has 0 spiro atoms. The molecular formula is C15H26N2O2S. The van der Waals surface area contributed by atoms with Crippen LogP contribution in [0.1, 0.15) is 58.3 Å². The summed E-state index contributed by atoms with van der Waals surface area (Å²) in [5, 5.41) is 0. The second-order valence-electron chi connectivity index (χ2n) is 5.58. The molecule has 114 valence electrons. The third-order valence-electron chi connectivity index (χ3n) is 4.08. The Balaban J connectivity index is 1.71. The molecule has 2 rings (SSSR count). The van der Waals surface area contributed by atoms with Gasteiger partial charge in [0.25, 0.3) is 0 Å². The van der Waals surface area contributed by atoms with Crippen molar-refractivity contribution >= 4 is 24.1 Å². The minimum atomic E-state index is -0.0306. The molecule has 2 aliphatic rings. The van der Waals surface area contributed by atoms with Crippen LogP contribution in [0.2, 0.25) is 0 Å². The third-order valence-corrected chi connectivity index (χ3v) is 4.83. The molecule has 1 amide bonds. The van der Waals surface area contributed by atoms with Crippen molar-refractivity contribution in [2.75, 3.05) is 12.4 Å². The largest absolute Gasteiger partial charge is 0.356 e. The molecule has 0 aliphatic carbocycles. The smallest absolute Gasteiger partial charge is 0.212 e. The second kappa shape index (κ2) is 8.67. The Morgan fingerprint density at radius 3 is 2.85 bits per heavy atom. The first-order valence-corrected chi connectivity index (χ1v) is 8.84. The molecule has 20 heavy (non-hydrogen) atoms. The van der Waals surface area contributed by atoms with Gasteiger partial charge in [-0.05, 0) is 31.2 Å². The standard InChI is InChI=1S/C15H26N2O2S/c1-2-3-4-5-6-7-8-15-17(12-18)14(11-19-15)13-9-10-20-16-13/h12,14-15H,2-11H2,1H3. The van der Waals surface area contributed by atoms with Crippen molar-refractivity contribution in [3.63, 3.8) is 0 Å². The van der Waals surface area contributed by atoms with Crippen molar-refractivity contribution in [3.05, 3.63) is 0 Å². The summed E-state index contributed by atoms with van der Waals surface area (Å²) in [5.74, 6) is 1.04. The van der Waals surface area contributed by atoms with Crippen molar-refractivity contribution in [3.8, 4) is 0 Å². The summed E-state index contributed by atoms with van der Waals surface area (Å²) in [6.07, 6.45) is 10.5. The van der Waals surface area contributed by atoms with Gasteiger partial charge < -0.3 is 9.64 Å². The molecule has 0 aromatic heterocycles. The monoisotopic (exact) mass is 298 g/mol. The molecule has 1 saturated heterocycles. The van der Waals surface area contributed by atoms with Crippen LogP contribution in [0.5, 0.6) is 0 Å². The van der Waals surface area contributed by atoms with E-state index < -0.39 is 0 Å². The van der Waals surface area contributed by atoms with Gasteiger partial charge in [0.1, 0.15) is 6.23 Å². The Hall–Kier alpha value is -0.550. The Kier molecular flexibility index (Phi) is 6.87. The van der Waals surface area contributed by atoms with Crippen LogP contribution in [0.15, 0.2) is 4.40 Å². The molecule has 0 aromatic rings. The quantitative estimate of drug-likeness (QED) is 0.372. The summed E-state index contributed by atoms with van der Waals surface area (Å²) in [4.78, 5) is 13.2. The van der Waals surface area contributed by atoms with Gasteiger partial charge in [0, 0.05) is 5.75 Å². The number of carbonyl (C=O) groups excluding carboxylic acids is 1. The van der Waals surface area contributed by atoms with Crippen LogP contribution in [-0.4, -0.2) is 41.7 Å². The highest BCUT2D eigenvalue weighted by Gasteiger charge is 2.36. The molecule has 2 atom stereocenters. The Bertz CT molecular complexity index is 336. The predicted molar refractivity (Wildman–Crippen MR) is 83.9 cm³/mol. The van der Waals surface area contributed by atoms with Gasteiger partial charge in [0.2, 0.25) is 6.41 Å². The zero-order valence-electron chi connectivity index (χ0n) is 12.4. The van der Waals surface area contributed by atoms with Crippen LogP contribution >= 0.6 is 11.9 Å². The fourth-order valence-corrected chi connectivity index (χ4v) is 3.64. The van der Waals surface area contributed by atoms with Crippen molar-refractivity contribution in [2.24, 2.45) is 4.40 Å². The summed E-state index contributed by atoms with van der Waals surface area (Å²) in [6.45, 7) is 2.86. The Labute approximate surface area is 126 Å². The van der Waals surface area contributed by atoms with E-state index in [1.54, 1.807) is 11.9 Å². The molecule has 0 N–H and O–H groups in total. The maximum atomic E-state index is 11.3. The second-order valence-corrected chi connectivity index (χ2v) is 6.43. The number of carbonyl (C=O) groups is 1. The zero-order chi connectivity index (χ0) is 14.2. The third kappa shape index (κ3) is 4.22. The lowest BCUT2D eigenvalue weighted by molar-refractivity contribution is -0.123. The predicted octanol–water partition coefficient (Wildman–Crippen LogP) is 3.41. The number of unbranched alkanes of at least 4 members (excludes halogenated alkanes) is 5. The van der Waals surface area contributed by atoms with E-state index >= 15 is 0 Å². The van der Waals surface area contributed by atoms with Crippen LogP contribution in [0.3, 0.4) is 0 Å². The number of hydrogen-bond acceptors (Lipinski definition) is 4. The Morgan fingerprint density at radius 1 is 1.35 bits per heavy atom. The van der Waals surface area contributed by atoms with E-state index in [2.05, 4.69) is 11.3 Å². The highest BCUT2D eigenvalue weighted by Crippen LogP contribution is 2.26. The lowest BCUT2D eigenvalue weighted by atomic mass is 10.1. The molecular weight excluding hydrogens is 272 g/mol. The maximum absolute atomic E-state index is 11.3. The Morgan fingerprint density at radius 2 is 2.15 bits per heavy atom. The number of ether oxygens (including phenoxy) is 1. The average molecular weight is 298 g/mol. The van der Waals surface area contributed by atoms with Crippen molar-refractivity contribution in [1.82, 2.24) is 4.90 Å². The van der Waals surface area contributed by atoms with E-state index in [0.29, 0.717) is 6.61 Å². The zero-order valence-corrected chi connectivity index (χ0v) is 13.2. The first-order chi connectivity index (χ1) is 9.86. The van der Waals surface area contributed by atoms with Crippen LogP contribution in [0.25, 0.3) is 0 Å². The molecule has 4 nitrogen and oxygen atoms in total. The number of amides is 1. The molecule has 0 bridgehead atoms. The molecule has 2 unspecified atom stereocenters. The van der Waals surface area contributed by atoms with Crippen LogP contribution in [0, 0.1) is 0 Å². The average Bonchev–Trinajstić information content (AvgIpc) is 3.10. The van der Waals surface area contributed by atoms with Gasteiger partial charge in [0.15, 0.2) is 0 Å². The summed E-state index contributed by atoms with van der Waals surface area (Å²) >= 11 is 1.60. The van der Waals surface area contributed by atoms with Gasteiger partial charge in [-0.25, -0.2) is 4.40 Å². The minimum absolute atomic E-state index is 0.0306. The molecule has 2 heterocycles. The van der Waals surface area contributed by atoms with Gasteiger partial charge >= 0.3 is 0 Å². The van der Waals surface area contributed by atoms with E-state index in [0.717, 1.165) is 37.1 Å². The van der Waals surface area contributed by atoms with Crippen molar-refractivity contribution in [2.45, 2.75) is 70.6 Å². The van der Waals surface area contributed by atoms with Crippen LogP contribution < -0.4 is 0 Å². The lowest BCUT2D eigenvalue weighted by Gasteiger charge is -2.23. The summed E-state index contributed by atoms with van der Waals surface area (Å²) in [6, 6.07) is 0.0904. The fraction of sp³-hybridized carbons (Fsp3) is 0.867. The highest BCUT2D eigenvalue weighted by atomic mass is 32.2. The molecule has 0 saturated carbocycles. The van der Waals surface area contributed by atoms with E-state index in [4.69, 9.17) is 4.74 Å². The van der Waals surface area contributed by atoms with Crippen LogP contribution in [0.4, 0.5) is 0 Å². The normalized spacial score (nSPS) is 26.1. The van der Waals surface area contributed by atoms with Crippen molar-refractivity contribution < 1.29 is 9.53 Å². The first kappa shape index (κ1) is 15.8. The van der Waals surface area contributed by atoms with E-state index in [9.17, 15) is 4.79 Å². The summed E-state index contributed by atoms with van der Waals surface area (Å²) in [5.41, 5.74) is 1.13. The summed E-state index contributed by atoms with van der Waals surface area (Å²) < 4.78 is 10.2. The SMILES string of the molecule is CCCCCCCCC1OCC(C2=NSCC2)N1C=O. The van der Waals surface area contributed by atoms with Gasteiger partial charge in [0.05, 0.1) is 18.4 Å². The summed E-state index contributed by atoms with van der Waals surface area (Å²) in [7, 11) is 0. The molecule has 2 aliphatic heterocycles. The van der Waals surface area contributed by atoms with E-state index in [1.165, 1.54) is 32.1 Å². The number of nitrogens with zero attached hydrogens (tertiary/aromatic N) is 2. The maximum Gasteiger partial charge on any atom is 0.212 e. The van der Waals surface area contributed by atoms with Crippen molar-refractivity contribution in [1.29, 1.82) is 0 Å². The van der Waals surface area contributed by atoms with E-state index in [1.807, 2.05) is 4.90 Å². The fourth-order valence-electron chi connectivity index (χ4n) is 2.87. The highest BCUT2D eigenvalue weighted by molar-refractivity contribution is 7.98. The minimum Gasteiger partial charge on any atom is -0.356 e. The molecule has 5 heteroatoms.